The summed E-state index contributed by atoms with van der Waals surface area (Å²) in [6.45, 7) is 8.63. The van der Waals surface area contributed by atoms with Gasteiger partial charge in [-0.25, -0.2) is 9.97 Å². The van der Waals surface area contributed by atoms with Crippen LogP contribution in [0.4, 0.5) is 5.95 Å². The van der Waals surface area contributed by atoms with Gasteiger partial charge in [0.1, 0.15) is 0 Å². The van der Waals surface area contributed by atoms with Crippen molar-refractivity contribution in [3.05, 3.63) is 18.0 Å². The Morgan fingerprint density at radius 1 is 1.11 bits per heavy atom. The fraction of sp³-hybridized carbons (Fsp3) is 0.643. The molecule has 0 saturated heterocycles. The second-order valence-corrected chi connectivity index (χ2v) is 4.51. The van der Waals surface area contributed by atoms with Gasteiger partial charge < -0.3 is 10.2 Å². The van der Waals surface area contributed by atoms with Gasteiger partial charge >= 0.3 is 0 Å². The molecular weight excluding hydrogens is 240 g/mol. The summed E-state index contributed by atoms with van der Waals surface area (Å²) in [5.74, 6) is 0.599. The average Bonchev–Trinajstić information content (AvgIpc) is 2.44. The molecule has 1 aromatic rings. The minimum atomic E-state index is 0.0192. The van der Waals surface area contributed by atoms with E-state index in [1.54, 1.807) is 12.4 Å². The molecule has 0 spiro atoms. The Balaban J connectivity index is 2.69. The number of carbonyl (C=O) groups excluding carboxylic acids is 1. The van der Waals surface area contributed by atoms with Gasteiger partial charge in [-0.05, 0) is 19.3 Å². The molecule has 5 nitrogen and oxygen atoms in total. The van der Waals surface area contributed by atoms with E-state index in [2.05, 4.69) is 36.1 Å². The Morgan fingerprint density at radius 3 is 2.16 bits per heavy atom. The van der Waals surface area contributed by atoms with Crippen LogP contribution in [0.15, 0.2) is 12.4 Å². The molecule has 0 fully saturated rings. The molecular formula is C14H24N4O. The van der Waals surface area contributed by atoms with Crippen molar-refractivity contribution < 1.29 is 4.79 Å². The Labute approximate surface area is 115 Å². The number of anilines is 1. The van der Waals surface area contributed by atoms with E-state index in [1.165, 1.54) is 0 Å². The highest BCUT2D eigenvalue weighted by Gasteiger charge is 2.14. The third-order valence-corrected chi connectivity index (χ3v) is 2.71. The lowest BCUT2D eigenvalue weighted by molar-refractivity contribution is 0.0755. The van der Waals surface area contributed by atoms with E-state index in [0.29, 0.717) is 11.5 Å². The van der Waals surface area contributed by atoms with Crippen molar-refractivity contribution in [1.29, 1.82) is 0 Å². The number of hydrogen-bond donors (Lipinski definition) is 1. The van der Waals surface area contributed by atoms with Crippen molar-refractivity contribution in [2.75, 3.05) is 25.0 Å². The topological polar surface area (TPSA) is 58.1 Å². The molecule has 106 valence electrons. The number of nitrogens with zero attached hydrogens (tertiary/aromatic N) is 3. The molecule has 0 bridgehead atoms. The minimum absolute atomic E-state index is 0.0192. The highest BCUT2D eigenvalue weighted by Crippen LogP contribution is 2.06. The average molecular weight is 264 g/mol. The van der Waals surface area contributed by atoms with Gasteiger partial charge in [0, 0.05) is 32.0 Å². The van der Waals surface area contributed by atoms with Crippen molar-refractivity contribution in [2.24, 2.45) is 0 Å². The summed E-state index contributed by atoms with van der Waals surface area (Å²) in [6.07, 6.45) is 6.15. The lowest BCUT2D eigenvalue weighted by Crippen LogP contribution is -2.32. The van der Waals surface area contributed by atoms with Crippen LogP contribution in [-0.4, -0.2) is 40.4 Å². The van der Waals surface area contributed by atoms with Crippen LogP contribution in [0.2, 0.25) is 0 Å². The molecule has 0 radical (unpaired) electrons. The van der Waals surface area contributed by atoms with Crippen molar-refractivity contribution in [2.45, 2.75) is 40.0 Å². The first-order valence-corrected chi connectivity index (χ1v) is 7.08. The predicted molar refractivity (Wildman–Crippen MR) is 77.3 cm³/mol. The molecule has 0 aliphatic rings. The van der Waals surface area contributed by atoms with Gasteiger partial charge in [-0.15, -0.1) is 0 Å². The number of nitrogens with one attached hydrogen (secondary N) is 1. The maximum atomic E-state index is 12.3. The Morgan fingerprint density at radius 2 is 1.68 bits per heavy atom. The van der Waals surface area contributed by atoms with E-state index in [-0.39, 0.29) is 5.91 Å². The largest absolute Gasteiger partial charge is 0.354 e. The number of rotatable bonds is 8. The molecule has 1 N–H and O–H groups in total. The highest BCUT2D eigenvalue weighted by molar-refractivity contribution is 5.93. The smallest absolute Gasteiger partial charge is 0.256 e. The normalized spacial score (nSPS) is 10.3. The van der Waals surface area contributed by atoms with Crippen molar-refractivity contribution >= 4 is 11.9 Å². The van der Waals surface area contributed by atoms with Crippen LogP contribution in [0.25, 0.3) is 0 Å². The quantitative estimate of drug-likeness (QED) is 0.784. The van der Waals surface area contributed by atoms with Crippen molar-refractivity contribution in [3.63, 3.8) is 0 Å². The standard InChI is InChI=1S/C14H24N4O/c1-4-7-15-14-16-10-12(11-17-14)13(19)18(8-5-2)9-6-3/h10-11H,4-9H2,1-3H3,(H,15,16,17). The van der Waals surface area contributed by atoms with Crippen molar-refractivity contribution in [3.8, 4) is 0 Å². The molecule has 1 heterocycles. The highest BCUT2D eigenvalue weighted by atomic mass is 16.2. The van der Waals surface area contributed by atoms with E-state index in [4.69, 9.17) is 0 Å². The van der Waals surface area contributed by atoms with Crippen LogP contribution >= 0.6 is 0 Å². The van der Waals surface area contributed by atoms with E-state index >= 15 is 0 Å². The number of carbonyl (C=O) groups is 1. The second kappa shape index (κ2) is 8.45. The van der Waals surface area contributed by atoms with Gasteiger partial charge in [-0.3, -0.25) is 4.79 Å². The van der Waals surface area contributed by atoms with Crippen LogP contribution in [0.3, 0.4) is 0 Å². The van der Waals surface area contributed by atoms with E-state index < -0.39 is 0 Å². The molecule has 5 heteroatoms. The second-order valence-electron chi connectivity index (χ2n) is 4.51. The number of hydrogen-bond acceptors (Lipinski definition) is 4. The molecule has 0 aliphatic carbocycles. The van der Waals surface area contributed by atoms with Gasteiger partial charge in [0.05, 0.1) is 5.56 Å². The first-order valence-electron chi connectivity index (χ1n) is 7.08. The monoisotopic (exact) mass is 264 g/mol. The first-order chi connectivity index (χ1) is 9.22. The van der Waals surface area contributed by atoms with Crippen molar-refractivity contribution in [1.82, 2.24) is 14.9 Å². The molecule has 0 aromatic carbocycles. The minimum Gasteiger partial charge on any atom is -0.354 e. The van der Waals surface area contributed by atoms with Gasteiger partial charge in [0.2, 0.25) is 5.95 Å². The summed E-state index contributed by atoms with van der Waals surface area (Å²) >= 11 is 0. The molecule has 0 saturated carbocycles. The Kier molecular flexibility index (Phi) is 6.85. The summed E-state index contributed by atoms with van der Waals surface area (Å²) in [7, 11) is 0. The number of aromatic nitrogens is 2. The van der Waals surface area contributed by atoms with E-state index in [0.717, 1.165) is 38.9 Å². The Bertz CT molecular complexity index is 372. The first kappa shape index (κ1) is 15.4. The van der Waals surface area contributed by atoms with E-state index in [1.807, 2.05) is 4.90 Å². The third kappa shape index (κ3) is 4.85. The zero-order valence-corrected chi connectivity index (χ0v) is 12.1. The molecule has 1 rings (SSSR count). The predicted octanol–water partition coefficient (Wildman–Crippen LogP) is 2.56. The lowest BCUT2D eigenvalue weighted by Gasteiger charge is -2.21. The molecule has 19 heavy (non-hydrogen) atoms. The van der Waals surface area contributed by atoms with E-state index in [9.17, 15) is 4.79 Å². The summed E-state index contributed by atoms with van der Waals surface area (Å²) in [5.41, 5.74) is 0.559. The zero-order valence-electron chi connectivity index (χ0n) is 12.1. The maximum absolute atomic E-state index is 12.3. The fourth-order valence-corrected chi connectivity index (χ4v) is 1.80. The van der Waals surface area contributed by atoms with Crippen LogP contribution in [-0.2, 0) is 0 Å². The Hall–Kier alpha value is -1.65. The molecule has 0 unspecified atom stereocenters. The van der Waals surface area contributed by atoms with Gasteiger partial charge in [-0.1, -0.05) is 20.8 Å². The SMILES string of the molecule is CCCNc1ncc(C(=O)N(CCC)CCC)cn1. The molecule has 0 aliphatic heterocycles. The number of amides is 1. The summed E-state index contributed by atoms with van der Waals surface area (Å²) in [5, 5.41) is 3.09. The summed E-state index contributed by atoms with van der Waals surface area (Å²) in [6, 6.07) is 0. The van der Waals surface area contributed by atoms with Gasteiger partial charge in [-0.2, -0.15) is 0 Å². The molecule has 0 atom stereocenters. The van der Waals surface area contributed by atoms with Crippen LogP contribution in [0.1, 0.15) is 50.4 Å². The fourth-order valence-electron chi connectivity index (χ4n) is 1.80. The van der Waals surface area contributed by atoms with Gasteiger partial charge in [0.15, 0.2) is 0 Å². The third-order valence-electron chi connectivity index (χ3n) is 2.71. The lowest BCUT2D eigenvalue weighted by atomic mass is 10.2. The van der Waals surface area contributed by atoms with Crippen LogP contribution in [0.5, 0.6) is 0 Å². The molecule has 1 amide bonds. The maximum Gasteiger partial charge on any atom is 0.256 e. The zero-order chi connectivity index (χ0) is 14.1. The summed E-state index contributed by atoms with van der Waals surface area (Å²) in [4.78, 5) is 22.5. The summed E-state index contributed by atoms with van der Waals surface area (Å²) < 4.78 is 0. The van der Waals surface area contributed by atoms with Crippen LogP contribution < -0.4 is 5.32 Å². The van der Waals surface area contributed by atoms with Crippen LogP contribution in [0, 0.1) is 0 Å². The van der Waals surface area contributed by atoms with Gasteiger partial charge in [0.25, 0.3) is 5.91 Å². The molecule has 1 aromatic heterocycles.